The van der Waals surface area contributed by atoms with Crippen molar-refractivity contribution in [1.29, 1.82) is 0 Å². The molecule has 0 spiro atoms. The number of ether oxygens (including phenoxy) is 2. The molecule has 13 heteroatoms. The lowest BCUT2D eigenvalue weighted by Gasteiger charge is -2.22. The van der Waals surface area contributed by atoms with Crippen LogP contribution in [0.4, 0.5) is 10.3 Å². The summed E-state index contributed by atoms with van der Waals surface area (Å²) in [7, 11) is 3.13. The molecular formula is C23H24ClFN8O2S. The zero-order valence-corrected chi connectivity index (χ0v) is 21.5. The van der Waals surface area contributed by atoms with Crippen LogP contribution < -0.4 is 9.46 Å². The molecule has 4 aromatic heterocycles. The summed E-state index contributed by atoms with van der Waals surface area (Å²) in [6.45, 7) is 3.87. The fraction of sp³-hybridized carbons (Fsp3) is 0.304. The van der Waals surface area contributed by atoms with Crippen LogP contribution in [0, 0.1) is 5.82 Å². The van der Waals surface area contributed by atoms with Gasteiger partial charge >= 0.3 is 0 Å². The molecule has 10 nitrogen and oxygen atoms in total. The van der Waals surface area contributed by atoms with E-state index in [1.807, 2.05) is 24.5 Å². The van der Waals surface area contributed by atoms with Crippen LogP contribution in [0.1, 0.15) is 37.4 Å². The van der Waals surface area contributed by atoms with E-state index < -0.39 is 11.9 Å². The Morgan fingerprint density at radius 1 is 1.08 bits per heavy atom. The molecule has 4 rings (SSSR count). The van der Waals surface area contributed by atoms with Crippen molar-refractivity contribution in [2.75, 3.05) is 18.9 Å². The topological polar surface area (TPSA) is 113 Å². The van der Waals surface area contributed by atoms with Crippen LogP contribution in [0.5, 0.6) is 5.88 Å². The van der Waals surface area contributed by atoms with Crippen LogP contribution >= 0.6 is 23.5 Å². The molecule has 36 heavy (non-hydrogen) atoms. The molecule has 0 saturated carbocycles. The minimum absolute atomic E-state index is 0.133. The summed E-state index contributed by atoms with van der Waals surface area (Å²) in [6.07, 6.45) is 5.40. The highest BCUT2D eigenvalue weighted by Gasteiger charge is 2.26. The van der Waals surface area contributed by atoms with E-state index in [-0.39, 0.29) is 11.3 Å². The molecule has 2 unspecified atom stereocenters. The summed E-state index contributed by atoms with van der Waals surface area (Å²) in [4.78, 5) is 17.0. The maximum absolute atomic E-state index is 14.0. The van der Waals surface area contributed by atoms with E-state index in [9.17, 15) is 4.39 Å². The van der Waals surface area contributed by atoms with E-state index in [0.29, 0.717) is 39.8 Å². The van der Waals surface area contributed by atoms with Gasteiger partial charge in [-0.05, 0) is 43.5 Å². The lowest BCUT2D eigenvalue weighted by molar-refractivity contribution is 0.0972. The van der Waals surface area contributed by atoms with E-state index in [0.717, 1.165) is 6.20 Å². The van der Waals surface area contributed by atoms with Crippen molar-refractivity contribution >= 4 is 29.5 Å². The molecule has 1 N–H and O–H groups in total. The largest absolute Gasteiger partial charge is 0.481 e. The lowest BCUT2D eigenvalue weighted by atomic mass is 10.1. The van der Waals surface area contributed by atoms with E-state index in [2.05, 4.69) is 34.9 Å². The molecule has 0 fully saturated rings. The van der Waals surface area contributed by atoms with Crippen molar-refractivity contribution in [1.82, 2.24) is 34.7 Å². The number of nitrogens with one attached hydrogen (secondary N) is 1. The number of anilines is 1. The number of hydrogen-bond donors (Lipinski definition) is 1. The fourth-order valence-corrected chi connectivity index (χ4v) is 4.43. The second-order valence-corrected chi connectivity index (χ2v) is 9.36. The number of hydrogen-bond acceptors (Lipinski definition) is 10. The van der Waals surface area contributed by atoms with Gasteiger partial charge in [-0.2, -0.15) is 0 Å². The predicted molar refractivity (Wildman–Crippen MR) is 135 cm³/mol. The number of halogens is 2. The maximum atomic E-state index is 14.0. The molecule has 0 aliphatic rings. The van der Waals surface area contributed by atoms with E-state index in [1.54, 1.807) is 32.5 Å². The normalized spacial score (nSPS) is 13.7. The molecule has 188 valence electrons. The van der Waals surface area contributed by atoms with Crippen LogP contribution in [0.15, 0.2) is 49.1 Å². The molecule has 3 atom stereocenters. The Hall–Kier alpha value is -3.35. The Bertz CT molecular complexity index is 1310. The third kappa shape index (κ3) is 5.72. The third-order valence-corrected chi connectivity index (χ3v) is 6.48. The maximum Gasteiger partial charge on any atom is 0.235 e. The van der Waals surface area contributed by atoms with Gasteiger partial charge < -0.3 is 9.47 Å². The minimum atomic E-state index is -0.433. The van der Waals surface area contributed by atoms with Crippen LogP contribution in [0.3, 0.4) is 0 Å². The molecule has 0 aromatic carbocycles. The molecule has 0 aliphatic heterocycles. The van der Waals surface area contributed by atoms with Gasteiger partial charge in [-0.15, -0.1) is 10.2 Å². The van der Waals surface area contributed by atoms with Crippen molar-refractivity contribution in [2.24, 2.45) is 0 Å². The van der Waals surface area contributed by atoms with Gasteiger partial charge in [-0.1, -0.05) is 17.7 Å². The average molecular weight is 531 g/mol. The summed E-state index contributed by atoms with van der Waals surface area (Å²) >= 11 is 7.28. The zero-order chi connectivity index (χ0) is 25.7. The van der Waals surface area contributed by atoms with Crippen molar-refractivity contribution in [2.45, 2.75) is 31.2 Å². The highest BCUT2D eigenvalue weighted by atomic mass is 35.5. The second kappa shape index (κ2) is 11.6. The summed E-state index contributed by atoms with van der Waals surface area (Å²) in [5, 5.41) is 9.04. The van der Waals surface area contributed by atoms with E-state index >= 15 is 0 Å². The van der Waals surface area contributed by atoms with Crippen LogP contribution in [-0.2, 0) is 4.74 Å². The van der Waals surface area contributed by atoms with Crippen molar-refractivity contribution in [3.8, 4) is 17.4 Å². The van der Waals surface area contributed by atoms with Gasteiger partial charge in [-0.25, -0.2) is 19.3 Å². The molecule has 0 radical (unpaired) electrons. The highest BCUT2D eigenvalue weighted by Crippen LogP contribution is 2.33. The first-order valence-electron chi connectivity index (χ1n) is 10.9. The SMILES string of the molecule is COc1cccc(-c2nnc(NSC(C)C(OC)c3ncc(Cl)cn3)n2[C@@H](C)c2cncc(F)c2)n1. The third-order valence-electron chi connectivity index (χ3n) is 5.36. The quantitative estimate of drug-likeness (QED) is 0.287. The molecule has 4 aromatic rings. The van der Waals surface area contributed by atoms with Gasteiger partial charge in [0.05, 0.1) is 29.6 Å². The Labute approximate surface area is 216 Å². The summed E-state index contributed by atoms with van der Waals surface area (Å²) < 4.78 is 30.0. The fourth-order valence-electron chi connectivity index (χ4n) is 3.54. The predicted octanol–water partition coefficient (Wildman–Crippen LogP) is 4.77. The Morgan fingerprint density at radius 3 is 2.56 bits per heavy atom. The van der Waals surface area contributed by atoms with E-state index in [4.69, 9.17) is 21.1 Å². The average Bonchev–Trinajstić information content (AvgIpc) is 3.32. The van der Waals surface area contributed by atoms with Crippen molar-refractivity contribution in [3.05, 3.63) is 71.3 Å². The Morgan fingerprint density at radius 2 is 1.86 bits per heavy atom. The smallest absolute Gasteiger partial charge is 0.235 e. The molecule has 0 bridgehead atoms. The first-order chi connectivity index (χ1) is 17.4. The first kappa shape index (κ1) is 25.7. The summed E-state index contributed by atoms with van der Waals surface area (Å²) in [6, 6.07) is 6.41. The highest BCUT2D eigenvalue weighted by molar-refractivity contribution is 8.01. The van der Waals surface area contributed by atoms with Crippen molar-refractivity contribution < 1.29 is 13.9 Å². The summed E-state index contributed by atoms with van der Waals surface area (Å²) in [5.41, 5.74) is 1.19. The number of nitrogens with zero attached hydrogens (tertiary/aromatic N) is 7. The number of methoxy groups -OCH3 is 2. The molecule has 0 saturated heterocycles. The number of rotatable bonds is 10. The zero-order valence-electron chi connectivity index (χ0n) is 20.0. The molecule has 4 heterocycles. The van der Waals surface area contributed by atoms with Crippen molar-refractivity contribution in [3.63, 3.8) is 0 Å². The van der Waals surface area contributed by atoms with Gasteiger partial charge in [0, 0.05) is 31.8 Å². The number of pyridine rings is 2. The van der Waals surface area contributed by atoms with Crippen LogP contribution in [-0.4, -0.2) is 54.2 Å². The van der Waals surface area contributed by atoms with Gasteiger partial charge in [0.1, 0.15) is 17.6 Å². The van der Waals surface area contributed by atoms with Gasteiger partial charge in [0.15, 0.2) is 11.6 Å². The van der Waals surface area contributed by atoms with Gasteiger partial charge in [0.25, 0.3) is 0 Å². The van der Waals surface area contributed by atoms with Crippen LogP contribution in [0.2, 0.25) is 5.02 Å². The molecule has 0 amide bonds. The summed E-state index contributed by atoms with van der Waals surface area (Å²) in [5.74, 6) is 1.42. The monoisotopic (exact) mass is 530 g/mol. The molecule has 0 aliphatic carbocycles. The number of aromatic nitrogens is 7. The van der Waals surface area contributed by atoms with Gasteiger partial charge in [0.2, 0.25) is 11.8 Å². The van der Waals surface area contributed by atoms with Gasteiger partial charge in [-0.3, -0.25) is 14.3 Å². The Kier molecular flexibility index (Phi) is 8.28. The van der Waals surface area contributed by atoms with E-state index in [1.165, 1.54) is 30.4 Å². The standard InChI is InChI=1S/C23H24ClFN8O2S/c1-13(15-8-17(25)12-26-9-15)33-22(18-6-5-7-19(29-18)34-3)30-31-23(33)32-36-14(2)20(35-4)21-27-10-16(24)11-28-21/h5-14,20H,1-4H3,(H,31,32)/t13-,14?,20?/m0/s1. The first-order valence-corrected chi connectivity index (χ1v) is 12.2. The molecular weight excluding hydrogens is 507 g/mol. The minimum Gasteiger partial charge on any atom is -0.481 e. The Balaban J connectivity index is 1.65. The second-order valence-electron chi connectivity index (χ2n) is 7.74. The van der Waals surface area contributed by atoms with Crippen LogP contribution in [0.25, 0.3) is 11.5 Å². The lowest BCUT2D eigenvalue weighted by Crippen LogP contribution is -2.19.